The maximum atomic E-state index is 13.6. The van der Waals surface area contributed by atoms with Crippen molar-refractivity contribution >= 4 is 79.8 Å². The highest BCUT2D eigenvalue weighted by atomic mass is 127. The molecule has 0 spiro atoms. The largest absolute Gasteiger partial charge is 0.350 e. The Morgan fingerprint density at radius 2 is 1.78 bits per heavy atom. The summed E-state index contributed by atoms with van der Waals surface area (Å²) in [7, 11) is 2.01. The number of rotatable bonds is 3. The van der Waals surface area contributed by atoms with Crippen LogP contribution in [0.5, 0.6) is 0 Å². The van der Waals surface area contributed by atoms with E-state index in [0.717, 1.165) is 20.0 Å². The van der Waals surface area contributed by atoms with Gasteiger partial charge in [-0.25, -0.2) is 4.98 Å². The van der Waals surface area contributed by atoms with Gasteiger partial charge in [0, 0.05) is 38.3 Å². The minimum atomic E-state index is -0.185. The van der Waals surface area contributed by atoms with Gasteiger partial charge in [0.15, 0.2) is 0 Å². The van der Waals surface area contributed by atoms with Crippen molar-refractivity contribution in [3.63, 3.8) is 0 Å². The van der Waals surface area contributed by atoms with Crippen LogP contribution in [-0.4, -0.2) is 14.1 Å². The standard InChI is InChI=1S/C25H16Cl2IN3O/c1-30-14-15(18-4-2-3-5-22(18)30)6-11-24-29-21-9-8-17(28)13-19(21)25(32)31(24)23-10-7-16(26)12-20(23)27/h2-14H,1H3/b11-6+. The number of benzene rings is 3. The monoisotopic (exact) mass is 571 g/mol. The van der Waals surface area contributed by atoms with Gasteiger partial charge in [-0.05, 0) is 77.2 Å². The van der Waals surface area contributed by atoms with Crippen molar-refractivity contribution in [2.24, 2.45) is 7.05 Å². The average molecular weight is 572 g/mol. The van der Waals surface area contributed by atoms with Crippen molar-refractivity contribution in [1.82, 2.24) is 14.1 Å². The smallest absolute Gasteiger partial charge is 0.266 e. The zero-order valence-electron chi connectivity index (χ0n) is 16.9. The summed E-state index contributed by atoms with van der Waals surface area (Å²) in [4.78, 5) is 18.4. The third-order valence-electron chi connectivity index (χ3n) is 5.35. The third kappa shape index (κ3) is 3.74. The Bertz CT molecular complexity index is 1600. The third-order valence-corrected chi connectivity index (χ3v) is 6.56. The summed E-state index contributed by atoms with van der Waals surface area (Å²) in [5.74, 6) is 0.487. The summed E-state index contributed by atoms with van der Waals surface area (Å²) in [5, 5.41) is 2.54. The number of fused-ring (bicyclic) bond motifs is 2. The first-order valence-corrected chi connectivity index (χ1v) is 11.7. The first kappa shape index (κ1) is 21.2. The molecule has 0 amide bonds. The van der Waals surface area contributed by atoms with E-state index in [1.54, 1.807) is 22.8 Å². The molecule has 0 unspecified atom stereocenters. The molecule has 5 aromatic rings. The van der Waals surface area contributed by atoms with E-state index in [4.69, 9.17) is 28.2 Å². The molecule has 0 saturated heterocycles. The van der Waals surface area contributed by atoms with E-state index in [1.807, 2.05) is 49.5 Å². The van der Waals surface area contributed by atoms with Gasteiger partial charge in [-0.3, -0.25) is 9.36 Å². The molecule has 4 nitrogen and oxygen atoms in total. The Morgan fingerprint density at radius 1 is 0.969 bits per heavy atom. The van der Waals surface area contributed by atoms with Crippen molar-refractivity contribution in [3.05, 3.63) is 102 Å². The number of nitrogens with zero attached hydrogens (tertiary/aromatic N) is 3. The Morgan fingerprint density at radius 3 is 2.59 bits per heavy atom. The molecule has 0 saturated carbocycles. The molecular formula is C25H16Cl2IN3O. The molecule has 0 aliphatic rings. The summed E-state index contributed by atoms with van der Waals surface area (Å²) in [5.41, 5.74) is 3.15. The topological polar surface area (TPSA) is 39.8 Å². The van der Waals surface area contributed by atoms with Crippen LogP contribution in [0, 0.1) is 3.57 Å². The quantitative estimate of drug-likeness (QED) is 0.220. The maximum absolute atomic E-state index is 13.6. The first-order chi connectivity index (χ1) is 15.4. The number of hydrogen-bond donors (Lipinski definition) is 0. The molecule has 158 valence electrons. The lowest BCUT2D eigenvalue weighted by Crippen LogP contribution is -2.22. The average Bonchev–Trinajstić information content (AvgIpc) is 3.10. The molecule has 0 aliphatic carbocycles. The number of aryl methyl sites for hydroxylation is 1. The van der Waals surface area contributed by atoms with Crippen LogP contribution in [-0.2, 0) is 7.05 Å². The van der Waals surface area contributed by atoms with E-state index in [-0.39, 0.29) is 5.56 Å². The van der Waals surface area contributed by atoms with Crippen molar-refractivity contribution in [2.75, 3.05) is 0 Å². The molecule has 0 radical (unpaired) electrons. The zero-order chi connectivity index (χ0) is 22.4. The Labute approximate surface area is 207 Å². The molecule has 2 heterocycles. The second-order valence-electron chi connectivity index (χ2n) is 7.41. The maximum Gasteiger partial charge on any atom is 0.266 e. The molecule has 5 rings (SSSR count). The molecular weight excluding hydrogens is 556 g/mol. The highest BCUT2D eigenvalue weighted by molar-refractivity contribution is 14.1. The minimum absolute atomic E-state index is 0.185. The van der Waals surface area contributed by atoms with Gasteiger partial charge in [0.05, 0.1) is 21.6 Å². The molecule has 0 atom stereocenters. The summed E-state index contributed by atoms with van der Waals surface area (Å²) >= 11 is 14.8. The number of halogens is 3. The molecule has 0 N–H and O–H groups in total. The molecule has 3 aromatic carbocycles. The van der Waals surface area contributed by atoms with Gasteiger partial charge >= 0.3 is 0 Å². The van der Waals surface area contributed by atoms with Crippen LogP contribution in [0.2, 0.25) is 10.0 Å². The van der Waals surface area contributed by atoms with Gasteiger partial charge in [0.2, 0.25) is 0 Å². The normalized spacial score (nSPS) is 11.8. The molecule has 0 fully saturated rings. The van der Waals surface area contributed by atoms with Gasteiger partial charge < -0.3 is 4.57 Å². The fourth-order valence-electron chi connectivity index (χ4n) is 3.85. The number of aromatic nitrogens is 3. The predicted octanol–water partition coefficient (Wildman–Crippen LogP) is 6.96. The van der Waals surface area contributed by atoms with Crippen LogP contribution in [0.1, 0.15) is 11.4 Å². The molecule has 7 heteroatoms. The Balaban J connectivity index is 1.77. The Kier molecular flexibility index (Phi) is 5.57. The van der Waals surface area contributed by atoms with Crippen molar-refractivity contribution < 1.29 is 0 Å². The van der Waals surface area contributed by atoms with Crippen LogP contribution in [0.4, 0.5) is 0 Å². The lowest BCUT2D eigenvalue weighted by atomic mass is 10.1. The molecule has 32 heavy (non-hydrogen) atoms. The van der Waals surface area contributed by atoms with Gasteiger partial charge in [-0.15, -0.1) is 0 Å². The van der Waals surface area contributed by atoms with Crippen LogP contribution in [0.25, 0.3) is 39.6 Å². The highest BCUT2D eigenvalue weighted by Crippen LogP contribution is 2.27. The van der Waals surface area contributed by atoms with Crippen LogP contribution >= 0.6 is 45.8 Å². The van der Waals surface area contributed by atoms with Crippen LogP contribution in [0.3, 0.4) is 0 Å². The molecule has 2 aromatic heterocycles. The first-order valence-electron chi connectivity index (χ1n) is 9.82. The van der Waals surface area contributed by atoms with E-state index in [9.17, 15) is 4.79 Å². The van der Waals surface area contributed by atoms with Crippen LogP contribution < -0.4 is 5.56 Å². The summed E-state index contributed by atoms with van der Waals surface area (Å²) in [6, 6.07) is 18.9. The molecule has 0 aliphatic heterocycles. The zero-order valence-corrected chi connectivity index (χ0v) is 20.6. The van der Waals surface area contributed by atoms with Gasteiger partial charge in [0.1, 0.15) is 5.82 Å². The SMILES string of the molecule is Cn1cc(/C=C/c2nc3ccc(I)cc3c(=O)n2-c2ccc(Cl)cc2Cl)c2ccccc21. The second kappa shape index (κ2) is 8.39. The van der Waals surface area contributed by atoms with E-state index < -0.39 is 0 Å². The summed E-state index contributed by atoms with van der Waals surface area (Å²) < 4.78 is 4.58. The number of hydrogen-bond acceptors (Lipinski definition) is 2. The fourth-order valence-corrected chi connectivity index (χ4v) is 4.84. The lowest BCUT2D eigenvalue weighted by molar-refractivity contribution is 0.944. The van der Waals surface area contributed by atoms with Crippen molar-refractivity contribution in [2.45, 2.75) is 0 Å². The van der Waals surface area contributed by atoms with Gasteiger partial charge in [-0.2, -0.15) is 0 Å². The minimum Gasteiger partial charge on any atom is -0.350 e. The van der Waals surface area contributed by atoms with E-state index in [1.165, 1.54) is 0 Å². The van der Waals surface area contributed by atoms with Gasteiger partial charge in [0.25, 0.3) is 5.56 Å². The number of para-hydroxylation sites is 1. The summed E-state index contributed by atoms with van der Waals surface area (Å²) in [6.07, 6.45) is 5.89. The molecule has 0 bridgehead atoms. The predicted molar refractivity (Wildman–Crippen MR) is 142 cm³/mol. The lowest BCUT2D eigenvalue weighted by Gasteiger charge is -2.13. The van der Waals surface area contributed by atoms with E-state index in [2.05, 4.69) is 45.5 Å². The van der Waals surface area contributed by atoms with Crippen LogP contribution in [0.15, 0.2) is 71.7 Å². The summed E-state index contributed by atoms with van der Waals surface area (Å²) in [6.45, 7) is 0. The Hall–Kier alpha value is -2.61. The van der Waals surface area contributed by atoms with Crippen molar-refractivity contribution in [1.29, 1.82) is 0 Å². The van der Waals surface area contributed by atoms with E-state index in [0.29, 0.717) is 32.5 Å². The van der Waals surface area contributed by atoms with Crippen molar-refractivity contribution in [3.8, 4) is 5.69 Å². The van der Waals surface area contributed by atoms with Gasteiger partial charge in [-0.1, -0.05) is 41.4 Å². The van der Waals surface area contributed by atoms with E-state index >= 15 is 0 Å². The highest BCUT2D eigenvalue weighted by Gasteiger charge is 2.15. The second-order valence-corrected chi connectivity index (χ2v) is 9.50. The fraction of sp³-hybridized carbons (Fsp3) is 0.0400.